The number of hydrogen-bond donors (Lipinski definition) is 1. The van der Waals surface area contributed by atoms with Crippen LogP contribution in [0.3, 0.4) is 0 Å². The monoisotopic (exact) mass is 315 g/mol. The molecule has 1 atom stereocenters. The maximum atomic E-state index is 4.65. The molecule has 0 bridgehead atoms. The maximum absolute atomic E-state index is 4.65. The van der Waals surface area contributed by atoms with Gasteiger partial charge >= 0.3 is 0 Å². The van der Waals surface area contributed by atoms with E-state index in [2.05, 4.69) is 56.7 Å². The van der Waals surface area contributed by atoms with Gasteiger partial charge in [-0.1, -0.05) is 24.3 Å². The van der Waals surface area contributed by atoms with Crippen LogP contribution < -0.4 is 5.32 Å². The molecule has 3 heterocycles. The Hall–Kier alpha value is -1.30. The Morgan fingerprint density at radius 1 is 1.33 bits per heavy atom. The third-order valence-corrected chi connectivity index (χ3v) is 5.74. The van der Waals surface area contributed by atoms with E-state index in [0.717, 1.165) is 23.0 Å². The van der Waals surface area contributed by atoms with Crippen LogP contribution >= 0.6 is 23.1 Å². The zero-order chi connectivity index (χ0) is 14.1. The van der Waals surface area contributed by atoms with Gasteiger partial charge in [0.25, 0.3) is 0 Å². The molecule has 0 aliphatic carbocycles. The number of nitrogens with one attached hydrogen (secondary N) is 1. The molecule has 0 spiro atoms. The Labute approximate surface area is 132 Å². The maximum Gasteiger partial charge on any atom is 0.193 e. The number of thioether (sulfide) groups is 1. The lowest BCUT2D eigenvalue weighted by Crippen LogP contribution is -2.23. The van der Waals surface area contributed by atoms with Crippen LogP contribution in [-0.4, -0.2) is 20.9 Å². The Morgan fingerprint density at radius 2 is 2.29 bits per heavy atom. The van der Waals surface area contributed by atoms with Crippen molar-refractivity contribution in [2.45, 2.75) is 19.0 Å². The van der Waals surface area contributed by atoms with Gasteiger partial charge in [0.15, 0.2) is 4.96 Å². The van der Waals surface area contributed by atoms with Crippen molar-refractivity contribution in [1.29, 1.82) is 0 Å². The van der Waals surface area contributed by atoms with Crippen molar-refractivity contribution < 1.29 is 0 Å². The Bertz CT molecular complexity index is 718. The number of benzene rings is 1. The molecule has 0 radical (unpaired) electrons. The molecule has 3 nitrogen and oxygen atoms in total. The van der Waals surface area contributed by atoms with E-state index >= 15 is 0 Å². The molecule has 21 heavy (non-hydrogen) atoms. The van der Waals surface area contributed by atoms with Crippen molar-refractivity contribution in [2.24, 2.45) is 0 Å². The number of rotatable bonds is 3. The summed E-state index contributed by atoms with van der Waals surface area (Å²) in [5.74, 6) is 2.36. The van der Waals surface area contributed by atoms with Crippen molar-refractivity contribution >= 4 is 28.1 Å². The Morgan fingerprint density at radius 3 is 3.24 bits per heavy atom. The second kappa shape index (κ2) is 5.83. The summed E-state index contributed by atoms with van der Waals surface area (Å²) in [6.07, 6.45) is 5.36. The molecule has 0 saturated carbocycles. The van der Waals surface area contributed by atoms with Crippen LogP contribution in [-0.2, 0) is 13.0 Å². The van der Waals surface area contributed by atoms with E-state index in [-0.39, 0.29) is 0 Å². The minimum atomic E-state index is 0.424. The van der Waals surface area contributed by atoms with E-state index in [4.69, 9.17) is 0 Å². The highest BCUT2D eigenvalue weighted by Gasteiger charge is 2.18. The van der Waals surface area contributed by atoms with E-state index in [1.165, 1.54) is 23.3 Å². The predicted octanol–water partition coefficient (Wildman–Crippen LogP) is 3.52. The molecular formula is C16H17N3S2. The fourth-order valence-corrected chi connectivity index (χ4v) is 4.62. The molecule has 1 aliphatic heterocycles. The van der Waals surface area contributed by atoms with Gasteiger partial charge in [-0.15, -0.1) is 11.3 Å². The fourth-order valence-electron chi connectivity index (χ4n) is 2.83. The normalized spacial score (nSPS) is 18.6. The van der Waals surface area contributed by atoms with E-state index in [9.17, 15) is 0 Å². The smallest absolute Gasteiger partial charge is 0.193 e. The molecule has 0 fully saturated rings. The van der Waals surface area contributed by atoms with Gasteiger partial charge in [0.1, 0.15) is 0 Å². The number of aryl methyl sites for hydroxylation is 1. The first-order valence-electron chi connectivity index (χ1n) is 7.20. The summed E-state index contributed by atoms with van der Waals surface area (Å²) < 4.78 is 2.09. The molecule has 1 N–H and O–H groups in total. The second-order valence-electron chi connectivity index (χ2n) is 5.28. The zero-order valence-electron chi connectivity index (χ0n) is 11.7. The number of nitrogens with zero attached hydrogens (tertiary/aromatic N) is 2. The first kappa shape index (κ1) is 13.4. The van der Waals surface area contributed by atoms with Gasteiger partial charge in [0, 0.05) is 36.1 Å². The molecule has 5 heteroatoms. The Balaban J connectivity index is 1.52. The topological polar surface area (TPSA) is 29.3 Å². The highest BCUT2D eigenvalue weighted by molar-refractivity contribution is 7.99. The van der Waals surface area contributed by atoms with Crippen molar-refractivity contribution in [3.63, 3.8) is 0 Å². The molecule has 1 aromatic carbocycles. The molecule has 2 aromatic heterocycles. The van der Waals surface area contributed by atoms with Crippen LogP contribution in [0.2, 0.25) is 0 Å². The largest absolute Gasteiger partial charge is 0.303 e. The van der Waals surface area contributed by atoms with Crippen molar-refractivity contribution in [2.75, 3.05) is 11.5 Å². The molecule has 3 aromatic rings. The summed E-state index contributed by atoms with van der Waals surface area (Å²) >= 11 is 3.72. The standard InChI is InChI=1S/C16H17N3S2/c1-2-4-14-12(3-1)5-7-20-11-15(14)17-9-13-10-19-6-8-21-16(19)18-13/h1-4,6,8,10,15,17H,5,7,9,11H2/t15-/m1/s1. The van der Waals surface area contributed by atoms with Gasteiger partial charge in [-0.3, -0.25) is 4.40 Å². The lowest BCUT2D eigenvalue weighted by atomic mass is 10.00. The van der Waals surface area contributed by atoms with Gasteiger partial charge < -0.3 is 5.32 Å². The number of fused-ring (bicyclic) bond motifs is 2. The number of hydrogen-bond acceptors (Lipinski definition) is 4. The molecule has 0 saturated heterocycles. The molecule has 1 aliphatic rings. The summed E-state index contributed by atoms with van der Waals surface area (Å²) in [5.41, 5.74) is 4.07. The first-order chi connectivity index (χ1) is 10.4. The van der Waals surface area contributed by atoms with E-state index in [0.29, 0.717) is 6.04 Å². The summed E-state index contributed by atoms with van der Waals surface area (Å²) in [6, 6.07) is 9.26. The van der Waals surface area contributed by atoms with Gasteiger partial charge in [-0.05, 0) is 23.3 Å². The third kappa shape index (κ3) is 2.73. The second-order valence-corrected chi connectivity index (χ2v) is 7.31. The quantitative estimate of drug-likeness (QED) is 0.802. The van der Waals surface area contributed by atoms with E-state index in [1.807, 2.05) is 11.8 Å². The highest BCUT2D eigenvalue weighted by Crippen LogP contribution is 2.27. The van der Waals surface area contributed by atoms with Crippen LogP contribution in [0.15, 0.2) is 42.0 Å². The first-order valence-corrected chi connectivity index (χ1v) is 9.23. The van der Waals surface area contributed by atoms with E-state index in [1.54, 1.807) is 11.3 Å². The minimum Gasteiger partial charge on any atom is -0.303 e. The van der Waals surface area contributed by atoms with Crippen molar-refractivity contribution in [3.8, 4) is 0 Å². The molecule has 108 valence electrons. The molecule has 4 rings (SSSR count). The number of imidazole rings is 1. The predicted molar refractivity (Wildman–Crippen MR) is 90.1 cm³/mol. The number of thiazole rings is 1. The lowest BCUT2D eigenvalue weighted by Gasteiger charge is -2.18. The van der Waals surface area contributed by atoms with Crippen LogP contribution in [0.5, 0.6) is 0 Å². The summed E-state index contributed by atoms with van der Waals surface area (Å²) in [5, 5.41) is 5.76. The van der Waals surface area contributed by atoms with Crippen LogP contribution in [0.4, 0.5) is 0 Å². The van der Waals surface area contributed by atoms with Crippen LogP contribution in [0.1, 0.15) is 22.9 Å². The molecular weight excluding hydrogens is 298 g/mol. The summed E-state index contributed by atoms with van der Waals surface area (Å²) in [6.45, 7) is 0.827. The van der Waals surface area contributed by atoms with Crippen molar-refractivity contribution in [1.82, 2.24) is 14.7 Å². The zero-order valence-corrected chi connectivity index (χ0v) is 13.3. The van der Waals surface area contributed by atoms with Gasteiger partial charge in [0.2, 0.25) is 0 Å². The Kier molecular flexibility index (Phi) is 3.71. The van der Waals surface area contributed by atoms with Gasteiger partial charge in [-0.2, -0.15) is 11.8 Å². The van der Waals surface area contributed by atoms with Gasteiger partial charge in [-0.25, -0.2) is 4.98 Å². The SMILES string of the molecule is c1ccc2c(c1)CCSC[C@H]2NCc1cn2ccsc2n1. The average molecular weight is 315 g/mol. The lowest BCUT2D eigenvalue weighted by molar-refractivity contribution is 0.575. The molecule has 0 amide bonds. The summed E-state index contributed by atoms with van der Waals surface area (Å²) in [7, 11) is 0. The minimum absolute atomic E-state index is 0.424. The van der Waals surface area contributed by atoms with Crippen molar-refractivity contribution in [3.05, 3.63) is 58.9 Å². The summed E-state index contributed by atoms with van der Waals surface area (Å²) in [4.78, 5) is 5.72. The fraction of sp³-hybridized carbons (Fsp3) is 0.312. The van der Waals surface area contributed by atoms with Gasteiger partial charge in [0.05, 0.1) is 5.69 Å². The third-order valence-electron chi connectivity index (χ3n) is 3.90. The highest BCUT2D eigenvalue weighted by atomic mass is 32.2. The van der Waals surface area contributed by atoms with Crippen LogP contribution in [0, 0.1) is 0 Å². The van der Waals surface area contributed by atoms with Crippen LogP contribution in [0.25, 0.3) is 4.96 Å². The molecule has 0 unspecified atom stereocenters. The van der Waals surface area contributed by atoms with E-state index < -0.39 is 0 Å². The average Bonchev–Trinajstić information content (AvgIpc) is 3.02. The number of aromatic nitrogens is 2.